The molecule has 7 heteroatoms. The Morgan fingerprint density at radius 3 is 2.87 bits per heavy atom. The zero-order chi connectivity index (χ0) is 21.2. The topological polar surface area (TPSA) is 81.7 Å². The van der Waals surface area contributed by atoms with Crippen molar-refractivity contribution in [2.24, 2.45) is 0 Å². The normalized spacial score (nSPS) is 18.4. The number of aromatic nitrogens is 1. The van der Waals surface area contributed by atoms with Crippen LogP contribution in [-0.4, -0.2) is 31.3 Å². The first-order valence-electron chi connectivity index (χ1n) is 10.2. The molecule has 1 aromatic heterocycles. The zero-order valence-corrected chi connectivity index (χ0v) is 17.1. The van der Waals surface area contributed by atoms with E-state index in [0.29, 0.717) is 19.6 Å². The number of esters is 1. The SMILES string of the molecule is COC(=O)C[C@@H]1COc2cc(N[C@@H]3COc4c(Nc5ccccn5)cccc43)ccc21. The van der Waals surface area contributed by atoms with Gasteiger partial charge in [-0.3, -0.25) is 4.79 Å². The van der Waals surface area contributed by atoms with Crippen LogP contribution in [0.25, 0.3) is 0 Å². The van der Waals surface area contributed by atoms with Crippen molar-refractivity contribution < 1.29 is 19.0 Å². The first kappa shape index (κ1) is 19.2. The molecule has 5 rings (SSSR count). The van der Waals surface area contributed by atoms with E-state index in [1.165, 1.54) is 7.11 Å². The minimum absolute atomic E-state index is 0.0193. The number of nitrogens with zero attached hydrogens (tertiary/aromatic N) is 1. The predicted octanol–water partition coefficient (Wildman–Crippen LogP) is 4.41. The van der Waals surface area contributed by atoms with Crippen molar-refractivity contribution in [3.05, 3.63) is 71.9 Å². The van der Waals surface area contributed by atoms with Gasteiger partial charge in [0.05, 0.1) is 31.9 Å². The number of carbonyl (C=O) groups is 1. The standard InChI is InChI=1S/C24H23N3O4/c1-29-23(28)11-15-13-30-21-12-16(8-9-17(15)21)26-20-14-31-24-18(20)5-4-6-19(24)27-22-7-2-3-10-25-22/h2-10,12,15,20,26H,11,13-14H2,1H3,(H,25,27)/t15-,20-/m1/s1. The van der Waals surface area contributed by atoms with Crippen LogP contribution < -0.4 is 20.1 Å². The van der Waals surface area contributed by atoms with E-state index in [-0.39, 0.29) is 17.9 Å². The summed E-state index contributed by atoms with van der Waals surface area (Å²) in [6.45, 7) is 1.02. The number of rotatable bonds is 6. The monoisotopic (exact) mass is 417 g/mol. The van der Waals surface area contributed by atoms with E-state index in [4.69, 9.17) is 14.2 Å². The molecule has 0 spiro atoms. The fraction of sp³-hybridized carbons (Fsp3) is 0.250. The Morgan fingerprint density at radius 1 is 1.10 bits per heavy atom. The summed E-state index contributed by atoms with van der Waals surface area (Å²) in [5.41, 5.74) is 3.97. The van der Waals surface area contributed by atoms with Gasteiger partial charge in [-0.2, -0.15) is 0 Å². The summed E-state index contributed by atoms with van der Waals surface area (Å²) in [4.78, 5) is 15.9. The first-order valence-corrected chi connectivity index (χ1v) is 10.2. The summed E-state index contributed by atoms with van der Waals surface area (Å²) in [6.07, 6.45) is 2.08. The smallest absolute Gasteiger partial charge is 0.306 e. The fourth-order valence-corrected chi connectivity index (χ4v) is 4.06. The predicted molar refractivity (Wildman–Crippen MR) is 117 cm³/mol. The highest BCUT2D eigenvalue weighted by Crippen LogP contribution is 2.42. The van der Waals surface area contributed by atoms with Crippen molar-refractivity contribution in [3.8, 4) is 11.5 Å². The van der Waals surface area contributed by atoms with Gasteiger partial charge in [-0.25, -0.2) is 4.98 Å². The second kappa shape index (κ2) is 8.18. The average molecular weight is 417 g/mol. The Balaban J connectivity index is 1.32. The van der Waals surface area contributed by atoms with Crippen LogP contribution in [0.5, 0.6) is 11.5 Å². The van der Waals surface area contributed by atoms with Crippen molar-refractivity contribution in [1.29, 1.82) is 0 Å². The van der Waals surface area contributed by atoms with Gasteiger partial charge in [0.2, 0.25) is 0 Å². The van der Waals surface area contributed by atoms with Gasteiger partial charge in [0, 0.05) is 35.0 Å². The van der Waals surface area contributed by atoms with Crippen molar-refractivity contribution >= 4 is 23.2 Å². The lowest BCUT2D eigenvalue weighted by molar-refractivity contribution is -0.141. The van der Waals surface area contributed by atoms with E-state index in [1.54, 1.807) is 6.20 Å². The Bertz CT molecular complexity index is 1100. The maximum Gasteiger partial charge on any atom is 0.306 e. The molecule has 0 aliphatic carbocycles. The van der Waals surface area contributed by atoms with Crippen molar-refractivity contribution in [2.75, 3.05) is 31.0 Å². The summed E-state index contributed by atoms with van der Waals surface area (Å²) in [7, 11) is 1.41. The zero-order valence-electron chi connectivity index (χ0n) is 17.1. The molecule has 0 amide bonds. The highest BCUT2D eigenvalue weighted by molar-refractivity contribution is 5.71. The number of hydrogen-bond acceptors (Lipinski definition) is 7. The molecule has 0 fully saturated rings. The lowest BCUT2D eigenvalue weighted by atomic mass is 9.97. The number of benzene rings is 2. The summed E-state index contributed by atoms with van der Waals surface area (Å²) in [6, 6.07) is 17.9. The van der Waals surface area contributed by atoms with E-state index < -0.39 is 0 Å². The summed E-state index contributed by atoms with van der Waals surface area (Å²) >= 11 is 0. The van der Waals surface area contributed by atoms with Gasteiger partial charge in [-0.05, 0) is 24.3 Å². The van der Waals surface area contributed by atoms with Gasteiger partial charge in [-0.1, -0.05) is 24.3 Å². The van der Waals surface area contributed by atoms with Crippen LogP contribution in [0.1, 0.15) is 29.5 Å². The van der Waals surface area contributed by atoms with Crippen LogP contribution in [-0.2, 0) is 9.53 Å². The number of nitrogens with one attached hydrogen (secondary N) is 2. The minimum Gasteiger partial charge on any atom is -0.493 e. The number of ether oxygens (including phenoxy) is 3. The summed E-state index contributed by atoms with van der Waals surface area (Å²) in [5, 5.41) is 6.87. The van der Waals surface area contributed by atoms with Crippen molar-refractivity contribution in [2.45, 2.75) is 18.4 Å². The molecule has 0 saturated heterocycles. The molecule has 3 heterocycles. The molecule has 3 aromatic rings. The number of carbonyl (C=O) groups excluding carboxylic acids is 1. The highest BCUT2D eigenvalue weighted by Gasteiger charge is 2.29. The van der Waals surface area contributed by atoms with Crippen LogP contribution in [0.2, 0.25) is 0 Å². The molecule has 2 N–H and O–H groups in total. The lowest BCUT2D eigenvalue weighted by Crippen LogP contribution is -2.12. The molecule has 2 aliphatic heterocycles. The molecule has 0 unspecified atom stereocenters. The van der Waals surface area contributed by atoms with Crippen LogP contribution >= 0.6 is 0 Å². The van der Waals surface area contributed by atoms with E-state index in [1.807, 2.05) is 48.5 Å². The Morgan fingerprint density at radius 2 is 2.03 bits per heavy atom. The van der Waals surface area contributed by atoms with E-state index in [9.17, 15) is 4.79 Å². The Kier molecular flexibility index (Phi) is 5.08. The molecular weight excluding hydrogens is 394 g/mol. The molecule has 0 saturated carbocycles. The highest BCUT2D eigenvalue weighted by atomic mass is 16.5. The molecule has 7 nitrogen and oxygen atoms in total. The molecular formula is C24H23N3O4. The largest absolute Gasteiger partial charge is 0.493 e. The maximum absolute atomic E-state index is 11.6. The fourth-order valence-electron chi connectivity index (χ4n) is 4.06. The number of fused-ring (bicyclic) bond motifs is 2. The lowest BCUT2D eigenvalue weighted by Gasteiger charge is -2.15. The average Bonchev–Trinajstić information content (AvgIpc) is 3.39. The van der Waals surface area contributed by atoms with Crippen LogP contribution in [0.15, 0.2) is 60.8 Å². The maximum atomic E-state index is 11.6. The third-order valence-corrected chi connectivity index (χ3v) is 5.62. The molecule has 158 valence electrons. The molecule has 0 bridgehead atoms. The molecule has 0 radical (unpaired) electrons. The molecule has 2 aromatic carbocycles. The molecule has 2 aliphatic rings. The van der Waals surface area contributed by atoms with Gasteiger partial charge >= 0.3 is 5.97 Å². The second-order valence-corrected chi connectivity index (χ2v) is 7.61. The van der Waals surface area contributed by atoms with Crippen LogP contribution in [0.3, 0.4) is 0 Å². The second-order valence-electron chi connectivity index (χ2n) is 7.61. The number of para-hydroxylation sites is 1. The van der Waals surface area contributed by atoms with Gasteiger partial charge in [0.25, 0.3) is 0 Å². The third kappa shape index (κ3) is 3.86. The summed E-state index contributed by atoms with van der Waals surface area (Å²) < 4.78 is 16.6. The number of anilines is 3. The Hall–Kier alpha value is -3.74. The van der Waals surface area contributed by atoms with Crippen molar-refractivity contribution in [1.82, 2.24) is 4.98 Å². The third-order valence-electron chi connectivity index (χ3n) is 5.62. The Labute approximate surface area is 180 Å². The van der Waals surface area contributed by atoms with E-state index in [2.05, 4.69) is 21.7 Å². The quantitative estimate of drug-likeness (QED) is 0.575. The van der Waals surface area contributed by atoms with E-state index in [0.717, 1.165) is 39.8 Å². The number of methoxy groups -OCH3 is 1. The molecule has 2 atom stereocenters. The minimum atomic E-state index is -0.224. The number of pyridine rings is 1. The van der Waals surface area contributed by atoms with Crippen LogP contribution in [0.4, 0.5) is 17.2 Å². The van der Waals surface area contributed by atoms with Gasteiger partial charge < -0.3 is 24.8 Å². The summed E-state index contributed by atoms with van der Waals surface area (Å²) in [5.74, 6) is 2.23. The van der Waals surface area contributed by atoms with Gasteiger partial charge in [0.15, 0.2) is 0 Å². The number of hydrogen-bond donors (Lipinski definition) is 2. The van der Waals surface area contributed by atoms with E-state index >= 15 is 0 Å². The van der Waals surface area contributed by atoms with Crippen molar-refractivity contribution in [3.63, 3.8) is 0 Å². The van der Waals surface area contributed by atoms with Gasteiger partial charge in [-0.15, -0.1) is 0 Å². The van der Waals surface area contributed by atoms with Crippen LogP contribution in [0, 0.1) is 0 Å². The molecule has 31 heavy (non-hydrogen) atoms. The first-order chi connectivity index (χ1) is 15.2. The van der Waals surface area contributed by atoms with Gasteiger partial charge in [0.1, 0.15) is 23.9 Å².